The van der Waals surface area contributed by atoms with Gasteiger partial charge in [0.15, 0.2) is 11.5 Å². The molecule has 35 heavy (non-hydrogen) atoms. The number of hydrogen-bond donors (Lipinski definition) is 0. The molecule has 0 radical (unpaired) electrons. The van der Waals surface area contributed by atoms with Gasteiger partial charge in [-0.2, -0.15) is 0 Å². The van der Waals surface area contributed by atoms with Crippen molar-refractivity contribution < 1.29 is 14.3 Å². The van der Waals surface area contributed by atoms with Crippen molar-refractivity contribution in [2.24, 2.45) is 5.92 Å². The Labute approximate surface area is 206 Å². The molecule has 8 heteroatoms. The second kappa shape index (κ2) is 10.8. The highest BCUT2D eigenvalue weighted by Crippen LogP contribution is 2.33. The Morgan fingerprint density at radius 3 is 2.23 bits per heavy atom. The minimum absolute atomic E-state index is 0.0835. The molecule has 0 bridgehead atoms. The number of nitrogens with zero attached hydrogens (tertiary/aromatic N) is 4. The van der Waals surface area contributed by atoms with E-state index < -0.39 is 0 Å². The number of carbonyl (C=O) groups is 1. The van der Waals surface area contributed by atoms with Crippen LogP contribution in [0.3, 0.4) is 0 Å². The van der Waals surface area contributed by atoms with Crippen molar-refractivity contribution in [1.82, 2.24) is 14.5 Å². The number of benzene rings is 1. The van der Waals surface area contributed by atoms with E-state index in [2.05, 4.69) is 23.7 Å². The molecular formula is C27H34N4O4. The number of carbonyl (C=O) groups excluding carboxylic acids is 1. The summed E-state index contributed by atoms with van der Waals surface area (Å²) in [6, 6.07) is 9.35. The third-order valence-electron chi connectivity index (χ3n) is 6.08. The zero-order valence-corrected chi connectivity index (χ0v) is 21.0. The highest BCUT2D eigenvalue weighted by Gasteiger charge is 2.26. The summed E-state index contributed by atoms with van der Waals surface area (Å²) in [5, 5.41) is 1.06. The lowest BCUT2D eigenvalue weighted by Gasteiger charge is -2.35. The second-order valence-electron chi connectivity index (χ2n) is 9.07. The number of pyridine rings is 2. The maximum absolute atomic E-state index is 13.8. The topological polar surface area (TPSA) is 76.9 Å². The average Bonchev–Trinajstić information content (AvgIpc) is 2.87. The summed E-state index contributed by atoms with van der Waals surface area (Å²) in [5.74, 6) is 2.14. The second-order valence-corrected chi connectivity index (χ2v) is 9.07. The number of amides is 1. The SMILES string of the molecule is CCOc1cc2c(C(=O)N3CCN(c4ccccn4)CC3)cn(CC(C)C)c(=O)c2cc1OCC. The molecule has 2 aromatic heterocycles. The number of fused-ring (bicyclic) bond motifs is 1. The van der Waals surface area contributed by atoms with Crippen molar-refractivity contribution in [3.63, 3.8) is 0 Å². The van der Waals surface area contributed by atoms with Crippen molar-refractivity contribution >= 4 is 22.5 Å². The fourth-order valence-corrected chi connectivity index (χ4v) is 4.48. The highest BCUT2D eigenvalue weighted by molar-refractivity contribution is 6.07. The lowest BCUT2D eigenvalue weighted by Crippen LogP contribution is -2.49. The standard InChI is InChI=1S/C27H34N4O4/c1-5-34-23-15-20-21(16-24(23)35-6-2)26(32)31(17-19(3)4)18-22(20)27(33)30-13-11-29(12-14-30)25-9-7-8-10-28-25/h7-10,15-16,18-19H,5-6,11-14,17H2,1-4H3. The predicted molar refractivity (Wildman–Crippen MR) is 138 cm³/mol. The molecule has 0 aliphatic carbocycles. The first kappa shape index (κ1) is 24.6. The van der Waals surface area contributed by atoms with Crippen molar-refractivity contribution in [3.05, 3.63) is 58.6 Å². The van der Waals surface area contributed by atoms with Gasteiger partial charge in [0.25, 0.3) is 11.5 Å². The Hall–Kier alpha value is -3.55. The van der Waals surface area contributed by atoms with E-state index in [4.69, 9.17) is 9.47 Å². The van der Waals surface area contributed by atoms with E-state index in [9.17, 15) is 9.59 Å². The van der Waals surface area contributed by atoms with Gasteiger partial charge in [-0.1, -0.05) is 19.9 Å². The van der Waals surface area contributed by atoms with Crippen LogP contribution in [0, 0.1) is 5.92 Å². The van der Waals surface area contributed by atoms with Gasteiger partial charge in [-0.05, 0) is 44.0 Å². The van der Waals surface area contributed by atoms with E-state index in [0.29, 0.717) is 73.8 Å². The number of ether oxygens (including phenoxy) is 2. The molecule has 8 nitrogen and oxygen atoms in total. The zero-order chi connectivity index (χ0) is 24.9. The molecule has 186 valence electrons. The van der Waals surface area contributed by atoms with Crippen LogP contribution < -0.4 is 19.9 Å². The first-order chi connectivity index (χ1) is 16.9. The summed E-state index contributed by atoms with van der Waals surface area (Å²) >= 11 is 0. The average molecular weight is 479 g/mol. The molecule has 0 saturated carbocycles. The lowest BCUT2D eigenvalue weighted by molar-refractivity contribution is 0.0747. The molecular weight excluding hydrogens is 444 g/mol. The molecule has 1 aromatic carbocycles. The first-order valence-electron chi connectivity index (χ1n) is 12.3. The molecule has 1 fully saturated rings. The van der Waals surface area contributed by atoms with Crippen LogP contribution in [-0.4, -0.2) is 59.8 Å². The van der Waals surface area contributed by atoms with Gasteiger partial charge in [0.2, 0.25) is 0 Å². The third kappa shape index (κ3) is 5.26. The van der Waals surface area contributed by atoms with Crippen LogP contribution in [0.2, 0.25) is 0 Å². The van der Waals surface area contributed by atoms with Crippen molar-refractivity contribution in [2.45, 2.75) is 34.2 Å². The summed E-state index contributed by atoms with van der Waals surface area (Å²) in [6.07, 6.45) is 3.50. The van der Waals surface area contributed by atoms with E-state index in [1.165, 1.54) is 0 Å². The Morgan fingerprint density at radius 1 is 1.00 bits per heavy atom. The summed E-state index contributed by atoms with van der Waals surface area (Å²) < 4.78 is 13.2. The molecule has 4 rings (SSSR count). The van der Waals surface area contributed by atoms with Crippen LogP contribution in [0.15, 0.2) is 47.5 Å². The molecule has 1 saturated heterocycles. The minimum atomic E-state index is -0.130. The molecule has 0 atom stereocenters. The normalized spacial score (nSPS) is 14.0. The Kier molecular flexibility index (Phi) is 7.58. The van der Waals surface area contributed by atoms with E-state index in [0.717, 1.165) is 5.82 Å². The predicted octanol–water partition coefficient (Wildman–Crippen LogP) is 3.81. The smallest absolute Gasteiger partial charge is 0.258 e. The fourth-order valence-electron chi connectivity index (χ4n) is 4.48. The highest BCUT2D eigenvalue weighted by atomic mass is 16.5. The first-order valence-corrected chi connectivity index (χ1v) is 12.3. The summed E-state index contributed by atoms with van der Waals surface area (Å²) in [5.41, 5.74) is 0.379. The van der Waals surface area contributed by atoms with Gasteiger partial charge in [-0.15, -0.1) is 0 Å². The lowest BCUT2D eigenvalue weighted by atomic mass is 10.0. The van der Waals surface area contributed by atoms with Gasteiger partial charge in [0, 0.05) is 50.5 Å². The molecule has 0 spiro atoms. The van der Waals surface area contributed by atoms with Gasteiger partial charge in [0.1, 0.15) is 5.82 Å². The van der Waals surface area contributed by atoms with Crippen LogP contribution in [-0.2, 0) is 6.54 Å². The minimum Gasteiger partial charge on any atom is -0.490 e. The maximum atomic E-state index is 13.8. The molecule has 1 amide bonds. The molecule has 1 aliphatic rings. The van der Waals surface area contributed by atoms with Gasteiger partial charge >= 0.3 is 0 Å². The monoisotopic (exact) mass is 478 g/mol. The third-order valence-corrected chi connectivity index (χ3v) is 6.08. The van der Waals surface area contributed by atoms with Gasteiger partial charge in [-0.3, -0.25) is 9.59 Å². The summed E-state index contributed by atoms with van der Waals surface area (Å²) in [7, 11) is 0. The fraction of sp³-hybridized carbons (Fsp3) is 0.444. The van der Waals surface area contributed by atoms with E-state index in [1.54, 1.807) is 29.1 Å². The molecule has 1 aliphatic heterocycles. The number of hydrogen-bond acceptors (Lipinski definition) is 6. The number of rotatable bonds is 8. The quantitative estimate of drug-likeness (QED) is 0.490. The van der Waals surface area contributed by atoms with Crippen molar-refractivity contribution in [1.29, 1.82) is 0 Å². The summed E-state index contributed by atoms with van der Waals surface area (Å²) in [6.45, 7) is 11.9. The molecule has 3 heterocycles. The van der Waals surface area contributed by atoms with E-state index in [1.807, 2.05) is 36.9 Å². The van der Waals surface area contributed by atoms with Gasteiger partial charge in [0.05, 0.1) is 24.2 Å². The van der Waals surface area contributed by atoms with Crippen LogP contribution in [0.1, 0.15) is 38.1 Å². The van der Waals surface area contributed by atoms with Crippen molar-refractivity contribution in [3.8, 4) is 11.5 Å². The number of aromatic nitrogens is 2. The van der Waals surface area contributed by atoms with E-state index >= 15 is 0 Å². The van der Waals surface area contributed by atoms with Crippen LogP contribution in [0.5, 0.6) is 11.5 Å². The maximum Gasteiger partial charge on any atom is 0.258 e. The number of piperazine rings is 1. The van der Waals surface area contributed by atoms with Crippen LogP contribution in [0.4, 0.5) is 5.82 Å². The largest absolute Gasteiger partial charge is 0.490 e. The molecule has 0 N–H and O–H groups in total. The Morgan fingerprint density at radius 2 is 1.66 bits per heavy atom. The summed E-state index contributed by atoms with van der Waals surface area (Å²) in [4.78, 5) is 35.6. The Balaban J connectivity index is 1.73. The van der Waals surface area contributed by atoms with Gasteiger partial charge < -0.3 is 23.8 Å². The Bertz CT molecular complexity index is 1230. The van der Waals surface area contributed by atoms with Crippen LogP contribution in [0.25, 0.3) is 10.8 Å². The van der Waals surface area contributed by atoms with Crippen molar-refractivity contribution in [2.75, 3.05) is 44.3 Å². The molecule has 3 aromatic rings. The van der Waals surface area contributed by atoms with Gasteiger partial charge in [-0.25, -0.2) is 4.98 Å². The number of anilines is 1. The van der Waals surface area contributed by atoms with E-state index in [-0.39, 0.29) is 17.4 Å². The van der Waals surface area contributed by atoms with Crippen LogP contribution >= 0.6 is 0 Å². The molecule has 0 unspecified atom stereocenters. The zero-order valence-electron chi connectivity index (χ0n) is 21.0.